The first-order chi connectivity index (χ1) is 8.96. The molecule has 0 aliphatic carbocycles. The third-order valence-electron chi connectivity index (χ3n) is 3.48. The Morgan fingerprint density at radius 3 is 2.74 bits per heavy atom. The summed E-state index contributed by atoms with van der Waals surface area (Å²) in [5.41, 5.74) is 6.27. The molecule has 2 rings (SSSR count). The second kappa shape index (κ2) is 5.54. The summed E-state index contributed by atoms with van der Waals surface area (Å²) < 4.78 is 31.6. The van der Waals surface area contributed by atoms with Crippen LogP contribution in [0.4, 0.5) is 0 Å². The van der Waals surface area contributed by atoms with E-state index >= 15 is 0 Å². The van der Waals surface area contributed by atoms with Gasteiger partial charge in [0, 0.05) is 26.4 Å². The van der Waals surface area contributed by atoms with Gasteiger partial charge in [-0.15, -0.1) is 0 Å². The number of likely N-dealkylation sites (N-methyl/N-ethyl adjacent to an activating group) is 1. The first-order valence-electron chi connectivity index (χ1n) is 6.21. The molecular weight excluding hydrogens is 266 g/mol. The fraction of sp³-hybridized carbons (Fsp3) is 0.583. The third-order valence-corrected chi connectivity index (χ3v) is 5.28. The van der Waals surface area contributed by atoms with Crippen LogP contribution in [0.15, 0.2) is 23.4 Å². The van der Waals surface area contributed by atoms with Gasteiger partial charge in [0.1, 0.15) is 0 Å². The van der Waals surface area contributed by atoms with Crippen LogP contribution < -0.4 is 5.73 Å². The van der Waals surface area contributed by atoms with Crippen molar-refractivity contribution in [2.45, 2.75) is 37.1 Å². The van der Waals surface area contributed by atoms with Gasteiger partial charge in [-0.1, -0.05) is 6.07 Å². The monoisotopic (exact) mass is 285 g/mol. The van der Waals surface area contributed by atoms with Crippen molar-refractivity contribution in [3.8, 4) is 0 Å². The van der Waals surface area contributed by atoms with Crippen LogP contribution in [-0.2, 0) is 21.3 Å². The number of aromatic nitrogens is 1. The number of nitrogens with two attached hydrogens (primary N) is 1. The van der Waals surface area contributed by atoms with Crippen molar-refractivity contribution in [1.29, 1.82) is 0 Å². The Hall–Kier alpha value is -1.02. The van der Waals surface area contributed by atoms with Crippen molar-refractivity contribution >= 4 is 10.0 Å². The Morgan fingerprint density at radius 1 is 1.53 bits per heavy atom. The van der Waals surface area contributed by atoms with Crippen LogP contribution in [0.2, 0.25) is 0 Å². The van der Waals surface area contributed by atoms with E-state index in [1.54, 1.807) is 13.1 Å². The maximum absolute atomic E-state index is 12.4. The number of ether oxygens (including phenoxy) is 1. The second-order valence-electron chi connectivity index (χ2n) is 4.66. The fourth-order valence-electron chi connectivity index (χ4n) is 2.21. The van der Waals surface area contributed by atoms with E-state index in [1.165, 1.54) is 16.6 Å². The molecule has 0 radical (unpaired) electrons. The molecule has 0 aromatic carbocycles. The molecule has 6 nitrogen and oxygen atoms in total. The topological polar surface area (TPSA) is 85.5 Å². The highest BCUT2D eigenvalue weighted by Gasteiger charge is 2.35. The molecule has 0 bridgehead atoms. The lowest BCUT2D eigenvalue weighted by molar-refractivity contribution is 0.102. The van der Waals surface area contributed by atoms with Gasteiger partial charge in [-0.25, -0.2) is 13.4 Å². The normalized spacial score (nSPS) is 24.0. The molecule has 2 heterocycles. The zero-order valence-corrected chi connectivity index (χ0v) is 11.9. The molecule has 2 unspecified atom stereocenters. The van der Waals surface area contributed by atoms with E-state index in [1.807, 2.05) is 6.92 Å². The Bertz CT molecular complexity index is 530. The van der Waals surface area contributed by atoms with Crippen molar-refractivity contribution in [1.82, 2.24) is 9.29 Å². The molecule has 106 valence electrons. The molecule has 1 aliphatic heterocycles. The fourth-order valence-corrected chi connectivity index (χ4v) is 3.56. The van der Waals surface area contributed by atoms with Crippen LogP contribution in [0.25, 0.3) is 0 Å². The number of hydrogen-bond donors (Lipinski definition) is 1. The maximum Gasteiger partial charge on any atom is 0.260 e. The molecular formula is C12H19N3O3S. The van der Waals surface area contributed by atoms with Crippen LogP contribution >= 0.6 is 0 Å². The molecule has 2 atom stereocenters. The summed E-state index contributed by atoms with van der Waals surface area (Å²) in [6.45, 7) is 2.82. The largest absolute Gasteiger partial charge is 0.377 e. The van der Waals surface area contributed by atoms with Gasteiger partial charge < -0.3 is 10.5 Å². The second-order valence-corrected chi connectivity index (χ2v) is 6.61. The van der Waals surface area contributed by atoms with Gasteiger partial charge in [0.25, 0.3) is 10.0 Å². The van der Waals surface area contributed by atoms with Gasteiger partial charge in [0.2, 0.25) is 0 Å². The zero-order chi connectivity index (χ0) is 14.0. The van der Waals surface area contributed by atoms with Crippen molar-refractivity contribution in [3.05, 3.63) is 23.9 Å². The molecule has 0 saturated carbocycles. The summed E-state index contributed by atoms with van der Waals surface area (Å²) in [5.74, 6) is 0. The predicted molar refractivity (Wildman–Crippen MR) is 70.9 cm³/mol. The number of nitrogens with zero attached hydrogens (tertiary/aromatic N) is 2. The minimum atomic E-state index is -3.58. The molecule has 0 spiro atoms. The average Bonchev–Trinajstić information content (AvgIpc) is 2.84. The highest BCUT2D eigenvalue weighted by Crippen LogP contribution is 2.23. The Labute approximate surface area is 113 Å². The number of sulfonamides is 1. The van der Waals surface area contributed by atoms with Gasteiger partial charge in [0.05, 0.1) is 12.1 Å². The Balaban J connectivity index is 2.25. The molecule has 1 aromatic heterocycles. The zero-order valence-electron chi connectivity index (χ0n) is 11.1. The van der Waals surface area contributed by atoms with E-state index in [4.69, 9.17) is 10.5 Å². The predicted octanol–water partition coefficient (Wildman–Crippen LogP) is 0.338. The highest BCUT2D eigenvalue weighted by molar-refractivity contribution is 7.89. The average molecular weight is 285 g/mol. The number of pyridine rings is 1. The summed E-state index contributed by atoms with van der Waals surface area (Å²) >= 11 is 0. The summed E-state index contributed by atoms with van der Waals surface area (Å²) in [4.78, 5) is 3.99. The van der Waals surface area contributed by atoms with Crippen LogP contribution in [-0.4, -0.2) is 43.5 Å². The van der Waals surface area contributed by atoms with Gasteiger partial charge in [-0.2, -0.15) is 4.31 Å². The van der Waals surface area contributed by atoms with E-state index in [2.05, 4.69) is 4.98 Å². The van der Waals surface area contributed by atoms with Gasteiger partial charge in [0.15, 0.2) is 5.03 Å². The van der Waals surface area contributed by atoms with E-state index in [-0.39, 0.29) is 17.2 Å². The van der Waals surface area contributed by atoms with E-state index in [9.17, 15) is 8.42 Å². The van der Waals surface area contributed by atoms with Gasteiger partial charge in [-0.05, 0) is 25.0 Å². The molecule has 19 heavy (non-hydrogen) atoms. The third kappa shape index (κ3) is 2.79. The molecule has 0 amide bonds. The molecule has 1 aromatic rings. The van der Waals surface area contributed by atoms with Crippen LogP contribution in [0, 0.1) is 0 Å². The lowest BCUT2D eigenvalue weighted by atomic mass is 10.2. The Kier molecular flexibility index (Phi) is 4.19. The Morgan fingerprint density at radius 2 is 2.26 bits per heavy atom. The first kappa shape index (κ1) is 14.4. The standard InChI is InChI=1S/C12H19N3O3S/c1-9-11(5-6-18-9)15(2)19(16,17)12-4-3-10(7-13)8-14-12/h3-4,8-9,11H,5-7,13H2,1-2H3. The van der Waals surface area contributed by atoms with Gasteiger partial charge >= 0.3 is 0 Å². The number of rotatable bonds is 4. The number of hydrogen-bond acceptors (Lipinski definition) is 5. The summed E-state index contributed by atoms with van der Waals surface area (Å²) in [7, 11) is -2.01. The van der Waals surface area contributed by atoms with Gasteiger partial charge in [-0.3, -0.25) is 0 Å². The van der Waals surface area contributed by atoms with Crippen molar-refractivity contribution < 1.29 is 13.2 Å². The molecule has 1 saturated heterocycles. The molecule has 7 heteroatoms. The first-order valence-corrected chi connectivity index (χ1v) is 7.65. The molecule has 1 aliphatic rings. The quantitative estimate of drug-likeness (QED) is 0.862. The summed E-state index contributed by atoms with van der Waals surface area (Å²) in [6.07, 6.45) is 2.11. The van der Waals surface area contributed by atoms with Crippen molar-refractivity contribution in [3.63, 3.8) is 0 Å². The lowest BCUT2D eigenvalue weighted by Gasteiger charge is -2.25. The molecule has 2 N–H and O–H groups in total. The summed E-state index contributed by atoms with van der Waals surface area (Å²) in [6, 6.07) is 3.04. The summed E-state index contributed by atoms with van der Waals surface area (Å²) in [5, 5.41) is 0.0475. The highest BCUT2D eigenvalue weighted by atomic mass is 32.2. The minimum absolute atomic E-state index is 0.0475. The maximum atomic E-state index is 12.4. The van der Waals surface area contributed by atoms with E-state index < -0.39 is 10.0 Å². The minimum Gasteiger partial charge on any atom is -0.377 e. The lowest BCUT2D eigenvalue weighted by Crippen LogP contribution is -2.41. The van der Waals surface area contributed by atoms with Crippen LogP contribution in [0.5, 0.6) is 0 Å². The van der Waals surface area contributed by atoms with Crippen molar-refractivity contribution in [2.24, 2.45) is 5.73 Å². The van der Waals surface area contributed by atoms with E-state index in [0.717, 1.165) is 5.56 Å². The molecule has 1 fully saturated rings. The smallest absolute Gasteiger partial charge is 0.260 e. The SMILES string of the molecule is CC1OCCC1N(C)S(=O)(=O)c1ccc(CN)cn1. The van der Waals surface area contributed by atoms with Crippen LogP contribution in [0.1, 0.15) is 18.9 Å². The van der Waals surface area contributed by atoms with Crippen molar-refractivity contribution in [2.75, 3.05) is 13.7 Å². The van der Waals surface area contributed by atoms with E-state index in [0.29, 0.717) is 19.6 Å². The van der Waals surface area contributed by atoms with Crippen LogP contribution in [0.3, 0.4) is 0 Å².